The molecule has 0 radical (unpaired) electrons. The SMILES string of the molecule is Cc1ccc2nnc(-c3ccc(CN)cc3)n2c1. The molecule has 18 heavy (non-hydrogen) atoms. The predicted molar refractivity (Wildman–Crippen MR) is 71.1 cm³/mol. The van der Waals surface area contributed by atoms with Gasteiger partial charge in [0.05, 0.1) is 0 Å². The average molecular weight is 238 g/mol. The molecule has 4 nitrogen and oxygen atoms in total. The van der Waals surface area contributed by atoms with E-state index in [1.54, 1.807) is 0 Å². The van der Waals surface area contributed by atoms with E-state index in [0.29, 0.717) is 6.54 Å². The Kier molecular flexibility index (Phi) is 2.57. The van der Waals surface area contributed by atoms with Crippen LogP contribution in [0.1, 0.15) is 11.1 Å². The van der Waals surface area contributed by atoms with Gasteiger partial charge in [-0.2, -0.15) is 0 Å². The van der Waals surface area contributed by atoms with Crippen LogP contribution in [-0.4, -0.2) is 14.6 Å². The van der Waals surface area contributed by atoms with Crippen molar-refractivity contribution >= 4 is 5.65 Å². The lowest BCUT2D eigenvalue weighted by atomic mass is 10.1. The summed E-state index contributed by atoms with van der Waals surface area (Å²) < 4.78 is 2.01. The van der Waals surface area contributed by atoms with Gasteiger partial charge in [-0.05, 0) is 24.1 Å². The van der Waals surface area contributed by atoms with Crippen molar-refractivity contribution in [3.63, 3.8) is 0 Å². The summed E-state index contributed by atoms with van der Waals surface area (Å²) >= 11 is 0. The summed E-state index contributed by atoms with van der Waals surface area (Å²) in [5.41, 5.74) is 9.80. The van der Waals surface area contributed by atoms with Gasteiger partial charge in [-0.15, -0.1) is 10.2 Å². The number of rotatable bonds is 2. The Morgan fingerprint density at radius 1 is 1.06 bits per heavy atom. The molecule has 0 amide bonds. The maximum Gasteiger partial charge on any atom is 0.168 e. The zero-order valence-electron chi connectivity index (χ0n) is 10.2. The summed E-state index contributed by atoms with van der Waals surface area (Å²) in [5, 5.41) is 8.41. The van der Waals surface area contributed by atoms with Crippen molar-refractivity contribution in [2.45, 2.75) is 13.5 Å². The summed E-state index contributed by atoms with van der Waals surface area (Å²) in [6.07, 6.45) is 2.04. The van der Waals surface area contributed by atoms with Crippen molar-refractivity contribution in [3.05, 3.63) is 53.7 Å². The molecule has 3 rings (SSSR count). The zero-order chi connectivity index (χ0) is 12.5. The molecule has 0 aliphatic heterocycles. The minimum Gasteiger partial charge on any atom is -0.326 e. The van der Waals surface area contributed by atoms with Gasteiger partial charge in [0.25, 0.3) is 0 Å². The van der Waals surface area contributed by atoms with Crippen LogP contribution >= 0.6 is 0 Å². The molecule has 3 aromatic rings. The molecule has 0 spiro atoms. The van der Waals surface area contributed by atoms with E-state index >= 15 is 0 Å². The highest BCUT2D eigenvalue weighted by atomic mass is 15.2. The second-order valence-electron chi connectivity index (χ2n) is 4.36. The molecule has 0 aliphatic rings. The van der Waals surface area contributed by atoms with E-state index in [4.69, 9.17) is 5.73 Å². The van der Waals surface area contributed by atoms with Crippen LogP contribution in [0.5, 0.6) is 0 Å². The molecule has 0 saturated carbocycles. The highest BCUT2D eigenvalue weighted by molar-refractivity contribution is 5.60. The Morgan fingerprint density at radius 3 is 2.56 bits per heavy atom. The fraction of sp³-hybridized carbons (Fsp3) is 0.143. The van der Waals surface area contributed by atoms with E-state index in [2.05, 4.69) is 17.1 Å². The molecule has 2 aromatic heterocycles. The fourth-order valence-electron chi connectivity index (χ4n) is 1.98. The molecular formula is C14H14N4. The molecule has 0 aliphatic carbocycles. The number of aryl methyl sites for hydroxylation is 1. The first-order chi connectivity index (χ1) is 8.78. The van der Waals surface area contributed by atoms with E-state index in [0.717, 1.165) is 22.6 Å². The van der Waals surface area contributed by atoms with E-state index in [-0.39, 0.29) is 0 Å². The van der Waals surface area contributed by atoms with Crippen LogP contribution in [0.25, 0.3) is 17.0 Å². The molecular weight excluding hydrogens is 224 g/mol. The number of benzene rings is 1. The second kappa shape index (κ2) is 4.23. The second-order valence-corrected chi connectivity index (χ2v) is 4.36. The van der Waals surface area contributed by atoms with Gasteiger partial charge >= 0.3 is 0 Å². The Labute approximate surface area is 105 Å². The van der Waals surface area contributed by atoms with E-state index in [9.17, 15) is 0 Å². The van der Waals surface area contributed by atoms with Crippen molar-refractivity contribution in [3.8, 4) is 11.4 Å². The highest BCUT2D eigenvalue weighted by Crippen LogP contribution is 2.19. The van der Waals surface area contributed by atoms with Gasteiger partial charge in [-0.25, -0.2) is 0 Å². The molecule has 4 heteroatoms. The van der Waals surface area contributed by atoms with Crippen molar-refractivity contribution in [1.29, 1.82) is 0 Å². The van der Waals surface area contributed by atoms with Crippen LogP contribution in [0.15, 0.2) is 42.6 Å². The van der Waals surface area contributed by atoms with Gasteiger partial charge in [0.2, 0.25) is 0 Å². The lowest BCUT2D eigenvalue weighted by molar-refractivity contribution is 1.07. The molecule has 90 valence electrons. The highest BCUT2D eigenvalue weighted by Gasteiger charge is 2.07. The van der Waals surface area contributed by atoms with Gasteiger partial charge in [0.1, 0.15) is 0 Å². The fourth-order valence-corrected chi connectivity index (χ4v) is 1.98. The van der Waals surface area contributed by atoms with Crippen molar-refractivity contribution < 1.29 is 0 Å². The summed E-state index contributed by atoms with van der Waals surface area (Å²) in [4.78, 5) is 0. The molecule has 1 aromatic carbocycles. The Morgan fingerprint density at radius 2 is 1.83 bits per heavy atom. The first-order valence-electron chi connectivity index (χ1n) is 5.89. The average Bonchev–Trinajstić information content (AvgIpc) is 2.82. The maximum absolute atomic E-state index is 5.60. The topological polar surface area (TPSA) is 56.2 Å². The Bertz CT molecular complexity index is 683. The molecule has 2 N–H and O–H groups in total. The normalized spacial score (nSPS) is 11.0. The Balaban J connectivity index is 2.15. The number of nitrogens with zero attached hydrogens (tertiary/aromatic N) is 3. The van der Waals surface area contributed by atoms with Crippen molar-refractivity contribution in [2.75, 3.05) is 0 Å². The van der Waals surface area contributed by atoms with Crippen molar-refractivity contribution in [1.82, 2.24) is 14.6 Å². The van der Waals surface area contributed by atoms with Gasteiger partial charge in [0.15, 0.2) is 11.5 Å². The van der Waals surface area contributed by atoms with Crippen LogP contribution in [0, 0.1) is 6.92 Å². The first-order valence-corrected chi connectivity index (χ1v) is 5.89. The van der Waals surface area contributed by atoms with Gasteiger partial charge in [0, 0.05) is 18.3 Å². The van der Waals surface area contributed by atoms with Gasteiger partial charge in [-0.3, -0.25) is 4.40 Å². The summed E-state index contributed by atoms with van der Waals surface area (Å²) in [6, 6.07) is 12.1. The standard InChI is InChI=1S/C14H14N4/c1-10-2-7-13-16-17-14(18(13)9-10)12-5-3-11(8-15)4-6-12/h2-7,9H,8,15H2,1H3. The summed E-state index contributed by atoms with van der Waals surface area (Å²) in [5.74, 6) is 0.859. The number of pyridine rings is 1. The number of hydrogen-bond acceptors (Lipinski definition) is 3. The van der Waals surface area contributed by atoms with Crippen LogP contribution < -0.4 is 5.73 Å². The van der Waals surface area contributed by atoms with E-state index in [1.165, 1.54) is 5.56 Å². The third-order valence-corrected chi connectivity index (χ3v) is 3.00. The summed E-state index contributed by atoms with van der Waals surface area (Å²) in [7, 11) is 0. The lowest BCUT2D eigenvalue weighted by Crippen LogP contribution is -1.96. The quantitative estimate of drug-likeness (QED) is 0.744. The molecule has 0 bridgehead atoms. The molecule has 0 atom stereocenters. The third-order valence-electron chi connectivity index (χ3n) is 3.00. The molecule has 0 saturated heterocycles. The van der Waals surface area contributed by atoms with E-state index < -0.39 is 0 Å². The minimum absolute atomic E-state index is 0.556. The number of nitrogens with two attached hydrogens (primary N) is 1. The zero-order valence-corrected chi connectivity index (χ0v) is 10.2. The van der Waals surface area contributed by atoms with Crippen LogP contribution in [-0.2, 0) is 6.54 Å². The van der Waals surface area contributed by atoms with Crippen LogP contribution in [0.2, 0.25) is 0 Å². The lowest BCUT2D eigenvalue weighted by Gasteiger charge is -2.02. The Hall–Kier alpha value is -2.20. The summed E-state index contributed by atoms with van der Waals surface area (Å²) in [6.45, 7) is 2.61. The molecule has 0 unspecified atom stereocenters. The third kappa shape index (κ3) is 1.76. The minimum atomic E-state index is 0.556. The predicted octanol–water partition coefficient (Wildman–Crippen LogP) is 2.16. The first kappa shape index (κ1) is 10.9. The van der Waals surface area contributed by atoms with E-state index in [1.807, 2.05) is 47.0 Å². The smallest absolute Gasteiger partial charge is 0.168 e. The monoisotopic (exact) mass is 238 g/mol. The largest absolute Gasteiger partial charge is 0.326 e. The van der Waals surface area contributed by atoms with Crippen LogP contribution in [0.4, 0.5) is 0 Å². The van der Waals surface area contributed by atoms with Gasteiger partial charge < -0.3 is 5.73 Å². The number of fused-ring (bicyclic) bond motifs is 1. The number of aromatic nitrogens is 3. The number of hydrogen-bond donors (Lipinski definition) is 1. The van der Waals surface area contributed by atoms with Crippen LogP contribution in [0.3, 0.4) is 0 Å². The molecule has 0 fully saturated rings. The van der Waals surface area contributed by atoms with Crippen molar-refractivity contribution in [2.24, 2.45) is 5.73 Å². The van der Waals surface area contributed by atoms with Gasteiger partial charge in [-0.1, -0.05) is 30.3 Å². The molecule has 2 heterocycles. The maximum atomic E-state index is 5.60.